The molecule has 5 nitrogen and oxygen atoms in total. The van der Waals surface area contributed by atoms with Crippen molar-refractivity contribution in [1.29, 1.82) is 0 Å². The quantitative estimate of drug-likeness (QED) is 0.821. The van der Waals surface area contributed by atoms with Crippen molar-refractivity contribution in [2.24, 2.45) is 0 Å². The predicted octanol–water partition coefficient (Wildman–Crippen LogP) is 1.28. The fraction of sp³-hybridized carbons (Fsp3) is 0.941. The molecule has 1 aliphatic carbocycles. The van der Waals surface area contributed by atoms with E-state index in [0.29, 0.717) is 18.5 Å². The summed E-state index contributed by atoms with van der Waals surface area (Å²) in [5.41, 5.74) is 0.104. The minimum atomic E-state index is 0.104. The summed E-state index contributed by atoms with van der Waals surface area (Å²) >= 11 is 0. The molecule has 0 radical (unpaired) electrons. The summed E-state index contributed by atoms with van der Waals surface area (Å²) in [5.74, 6) is 0.257. The molecular formula is C17H31N3O2. The molecule has 5 heteroatoms. The fourth-order valence-corrected chi connectivity index (χ4v) is 4.52. The topological polar surface area (TPSA) is 53.6 Å². The third-order valence-corrected chi connectivity index (χ3v) is 5.69. The van der Waals surface area contributed by atoms with Crippen molar-refractivity contribution in [1.82, 2.24) is 15.5 Å². The lowest BCUT2D eigenvalue weighted by Gasteiger charge is -2.43. The van der Waals surface area contributed by atoms with E-state index in [1.807, 2.05) is 0 Å². The maximum atomic E-state index is 12.6. The number of amides is 1. The Hall–Kier alpha value is -0.650. The molecule has 3 fully saturated rings. The van der Waals surface area contributed by atoms with Gasteiger partial charge >= 0.3 is 0 Å². The van der Waals surface area contributed by atoms with Crippen molar-refractivity contribution in [2.75, 3.05) is 32.8 Å². The Morgan fingerprint density at radius 3 is 2.73 bits per heavy atom. The molecule has 0 aromatic rings. The second kappa shape index (κ2) is 7.28. The van der Waals surface area contributed by atoms with E-state index in [0.717, 1.165) is 45.7 Å². The maximum Gasteiger partial charge on any atom is 0.222 e. The zero-order chi connectivity index (χ0) is 15.4. The van der Waals surface area contributed by atoms with E-state index in [4.69, 9.17) is 4.74 Å². The van der Waals surface area contributed by atoms with Crippen LogP contribution in [-0.2, 0) is 9.53 Å². The predicted molar refractivity (Wildman–Crippen MR) is 86.8 cm³/mol. The molecular weight excluding hydrogens is 278 g/mol. The second-order valence-electron chi connectivity index (χ2n) is 7.35. The van der Waals surface area contributed by atoms with Crippen LogP contribution in [-0.4, -0.2) is 61.3 Å². The number of rotatable bonds is 4. The summed E-state index contributed by atoms with van der Waals surface area (Å²) < 4.78 is 5.49. The average molecular weight is 309 g/mol. The molecule has 3 aliphatic rings. The highest BCUT2D eigenvalue weighted by atomic mass is 16.5. The monoisotopic (exact) mass is 309 g/mol. The van der Waals surface area contributed by atoms with Crippen LogP contribution >= 0.6 is 0 Å². The van der Waals surface area contributed by atoms with E-state index in [9.17, 15) is 4.79 Å². The number of hydrogen-bond acceptors (Lipinski definition) is 4. The Kier molecular flexibility index (Phi) is 5.37. The van der Waals surface area contributed by atoms with E-state index in [2.05, 4.69) is 22.5 Å². The largest absolute Gasteiger partial charge is 0.379 e. The van der Waals surface area contributed by atoms with E-state index in [1.54, 1.807) is 0 Å². The molecule has 126 valence electrons. The Bertz CT molecular complexity index is 376. The SMILES string of the molecule is CC1CC(NC(=O)CC2(N3CCOCC3)CCCC2)CCN1. The summed E-state index contributed by atoms with van der Waals surface area (Å²) in [5, 5.41) is 6.75. The van der Waals surface area contributed by atoms with Crippen molar-refractivity contribution in [3.05, 3.63) is 0 Å². The van der Waals surface area contributed by atoms with Crippen LogP contribution in [0, 0.1) is 0 Å². The van der Waals surface area contributed by atoms with Crippen LogP contribution in [0.2, 0.25) is 0 Å². The van der Waals surface area contributed by atoms with Gasteiger partial charge in [-0.1, -0.05) is 12.8 Å². The van der Waals surface area contributed by atoms with Crippen LogP contribution < -0.4 is 10.6 Å². The lowest BCUT2D eigenvalue weighted by molar-refractivity contribution is -0.126. The lowest BCUT2D eigenvalue weighted by atomic mass is 9.89. The molecule has 22 heavy (non-hydrogen) atoms. The molecule has 0 spiro atoms. The van der Waals surface area contributed by atoms with E-state index in [-0.39, 0.29) is 11.4 Å². The highest BCUT2D eigenvalue weighted by Gasteiger charge is 2.41. The molecule has 0 bridgehead atoms. The van der Waals surface area contributed by atoms with Crippen molar-refractivity contribution in [2.45, 2.75) is 69.5 Å². The smallest absolute Gasteiger partial charge is 0.222 e. The summed E-state index contributed by atoms with van der Waals surface area (Å²) in [6, 6.07) is 0.866. The Balaban J connectivity index is 1.57. The number of carbonyl (C=O) groups excluding carboxylic acids is 1. The Labute approximate surface area is 134 Å². The van der Waals surface area contributed by atoms with Gasteiger partial charge in [-0.15, -0.1) is 0 Å². The maximum absolute atomic E-state index is 12.6. The number of nitrogens with one attached hydrogen (secondary N) is 2. The molecule has 2 unspecified atom stereocenters. The highest BCUT2D eigenvalue weighted by Crippen LogP contribution is 2.38. The molecule has 0 aromatic heterocycles. The normalized spacial score (nSPS) is 32.8. The first-order valence-electron chi connectivity index (χ1n) is 9.03. The molecule has 3 rings (SSSR count). The molecule has 1 amide bonds. The van der Waals surface area contributed by atoms with Crippen LogP contribution in [0.25, 0.3) is 0 Å². The van der Waals surface area contributed by atoms with Gasteiger partial charge in [-0.2, -0.15) is 0 Å². The van der Waals surface area contributed by atoms with Crippen molar-refractivity contribution in [3.8, 4) is 0 Å². The number of ether oxygens (including phenoxy) is 1. The molecule has 1 saturated carbocycles. The lowest BCUT2D eigenvalue weighted by Crippen LogP contribution is -2.55. The standard InChI is InChI=1S/C17H31N3O2/c1-14-12-15(4-7-18-14)19-16(21)13-17(5-2-3-6-17)20-8-10-22-11-9-20/h14-15,18H,2-13H2,1H3,(H,19,21). The van der Waals surface area contributed by atoms with Gasteiger partial charge in [0, 0.05) is 37.1 Å². The van der Waals surface area contributed by atoms with Crippen LogP contribution in [0.4, 0.5) is 0 Å². The molecule has 2 atom stereocenters. The van der Waals surface area contributed by atoms with E-state index >= 15 is 0 Å². The minimum Gasteiger partial charge on any atom is -0.379 e. The first-order valence-corrected chi connectivity index (χ1v) is 9.03. The second-order valence-corrected chi connectivity index (χ2v) is 7.35. The third-order valence-electron chi connectivity index (χ3n) is 5.69. The van der Waals surface area contributed by atoms with Gasteiger partial charge in [0.15, 0.2) is 0 Å². The Morgan fingerprint density at radius 1 is 1.32 bits per heavy atom. The van der Waals surface area contributed by atoms with E-state index < -0.39 is 0 Å². The van der Waals surface area contributed by atoms with Gasteiger partial charge in [0.25, 0.3) is 0 Å². The highest BCUT2D eigenvalue weighted by molar-refractivity contribution is 5.77. The average Bonchev–Trinajstić information content (AvgIpc) is 2.98. The van der Waals surface area contributed by atoms with Crippen LogP contribution in [0.15, 0.2) is 0 Å². The van der Waals surface area contributed by atoms with Crippen LogP contribution in [0.1, 0.15) is 51.9 Å². The van der Waals surface area contributed by atoms with Gasteiger partial charge in [0.05, 0.1) is 13.2 Å². The summed E-state index contributed by atoms with van der Waals surface area (Å²) in [6.07, 6.45) is 7.64. The number of hydrogen-bond donors (Lipinski definition) is 2. The Morgan fingerprint density at radius 2 is 2.05 bits per heavy atom. The number of nitrogens with zero attached hydrogens (tertiary/aromatic N) is 1. The molecule has 0 aromatic carbocycles. The molecule has 2 heterocycles. The zero-order valence-electron chi connectivity index (χ0n) is 13.9. The third kappa shape index (κ3) is 3.81. The fourth-order valence-electron chi connectivity index (χ4n) is 4.52. The van der Waals surface area contributed by atoms with Gasteiger partial charge in [-0.05, 0) is 39.2 Å². The van der Waals surface area contributed by atoms with Crippen molar-refractivity contribution < 1.29 is 9.53 Å². The number of carbonyl (C=O) groups is 1. The van der Waals surface area contributed by atoms with Crippen molar-refractivity contribution in [3.63, 3.8) is 0 Å². The summed E-state index contributed by atoms with van der Waals surface area (Å²) in [4.78, 5) is 15.2. The number of morpholine rings is 1. The molecule has 2 aliphatic heterocycles. The van der Waals surface area contributed by atoms with Crippen molar-refractivity contribution >= 4 is 5.91 Å². The zero-order valence-corrected chi connectivity index (χ0v) is 13.9. The van der Waals surface area contributed by atoms with Gasteiger partial charge in [-0.3, -0.25) is 9.69 Å². The molecule has 2 N–H and O–H groups in total. The number of piperidine rings is 1. The van der Waals surface area contributed by atoms with E-state index in [1.165, 1.54) is 25.7 Å². The summed E-state index contributed by atoms with van der Waals surface area (Å²) in [6.45, 7) is 6.81. The minimum absolute atomic E-state index is 0.104. The first-order chi connectivity index (χ1) is 10.7. The van der Waals surface area contributed by atoms with Gasteiger partial charge in [0.1, 0.15) is 0 Å². The first kappa shape index (κ1) is 16.2. The van der Waals surface area contributed by atoms with Gasteiger partial charge in [-0.25, -0.2) is 0 Å². The van der Waals surface area contributed by atoms with Crippen LogP contribution in [0.5, 0.6) is 0 Å². The van der Waals surface area contributed by atoms with Gasteiger partial charge < -0.3 is 15.4 Å². The van der Waals surface area contributed by atoms with Crippen LogP contribution in [0.3, 0.4) is 0 Å². The molecule has 2 saturated heterocycles. The summed E-state index contributed by atoms with van der Waals surface area (Å²) in [7, 11) is 0. The van der Waals surface area contributed by atoms with Gasteiger partial charge in [0.2, 0.25) is 5.91 Å².